The molecule has 0 saturated carbocycles. The Morgan fingerprint density at radius 2 is 1.62 bits per heavy atom. The molecule has 3 aromatic carbocycles. The Morgan fingerprint density at radius 3 is 2.19 bits per heavy atom. The zero-order chi connectivity index (χ0) is 35.2. The molecule has 1 heterocycles. The molecular weight excluding hydrogens is 634 g/mol. The second-order valence-electron chi connectivity index (χ2n) is 10.4. The van der Waals surface area contributed by atoms with Crippen LogP contribution < -0.4 is 26.3 Å². The van der Waals surface area contributed by atoms with E-state index in [1.54, 1.807) is 55.6 Å². The molecule has 0 saturated heterocycles. The van der Waals surface area contributed by atoms with Crippen LogP contribution >= 0.6 is 0 Å². The van der Waals surface area contributed by atoms with E-state index in [4.69, 9.17) is 30.8 Å². The quantitative estimate of drug-likeness (QED) is 0.137. The number of hydrogen-bond acceptors (Lipinski definition) is 7. The number of rotatable bonds is 10. The zero-order valence-electron chi connectivity index (χ0n) is 25.4. The Hall–Kier alpha value is -5.21. The minimum atomic E-state index is -5.08. The van der Waals surface area contributed by atoms with Gasteiger partial charge in [0.15, 0.2) is 11.5 Å². The van der Waals surface area contributed by atoms with E-state index in [1.165, 1.54) is 18.2 Å². The number of nitrogens with one attached hydrogen (secondary N) is 1. The first-order valence-electron chi connectivity index (χ1n) is 14.0. The van der Waals surface area contributed by atoms with Gasteiger partial charge in [-0.05, 0) is 79.7 Å². The molecule has 15 heteroatoms. The van der Waals surface area contributed by atoms with E-state index in [9.17, 15) is 31.1 Å². The van der Waals surface area contributed by atoms with Gasteiger partial charge in [0.25, 0.3) is 0 Å². The summed E-state index contributed by atoms with van der Waals surface area (Å²) in [6, 6.07) is 16.8. The number of primary amides is 1. The Labute approximate surface area is 265 Å². The van der Waals surface area contributed by atoms with Gasteiger partial charge in [-0.2, -0.15) is 26.3 Å². The maximum atomic E-state index is 14.0. The van der Waals surface area contributed by atoms with Gasteiger partial charge in [0, 0.05) is 23.7 Å². The Kier molecular flexibility index (Phi) is 11.2. The molecular formula is C32H32F6N4O5. The maximum Gasteiger partial charge on any atom is 0.490 e. The molecule has 1 amide bonds. The molecule has 0 unspecified atom stereocenters. The molecule has 4 rings (SSSR count). The predicted molar refractivity (Wildman–Crippen MR) is 163 cm³/mol. The second-order valence-corrected chi connectivity index (χ2v) is 10.4. The number of pyridine rings is 1. The van der Waals surface area contributed by atoms with Gasteiger partial charge in [-0.3, -0.25) is 4.79 Å². The number of aliphatic carboxylic acids is 1. The first-order chi connectivity index (χ1) is 21.9. The predicted octanol–water partition coefficient (Wildman–Crippen LogP) is 6.69. The fourth-order valence-corrected chi connectivity index (χ4v) is 4.66. The number of alkyl halides is 6. The van der Waals surface area contributed by atoms with Gasteiger partial charge < -0.3 is 31.4 Å². The monoisotopic (exact) mass is 666 g/mol. The third-order valence-electron chi connectivity index (χ3n) is 6.69. The third-order valence-corrected chi connectivity index (χ3v) is 6.69. The van der Waals surface area contributed by atoms with Crippen LogP contribution in [0.2, 0.25) is 0 Å². The van der Waals surface area contributed by atoms with Crippen LogP contribution in [0.4, 0.5) is 37.8 Å². The number of aromatic nitrogens is 1. The molecule has 0 fully saturated rings. The largest absolute Gasteiger partial charge is 0.490 e. The van der Waals surface area contributed by atoms with E-state index >= 15 is 0 Å². The Bertz CT molecular complexity index is 1730. The van der Waals surface area contributed by atoms with Gasteiger partial charge >= 0.3 is 18.3 Å². The molecule has 47 heavy (non-hydrogen) atoms. The summed E-state index contributed by atoms with van der Waals surface area (Å²) >= 11 is 0. The van der Waals surface area contributed by atoms with E-state index in [-0.39, 0.29) is 11.7 Å². The summed E-state index contributed by atoms with van der Waals surface area (Å²) in [5.41, 5.74) is 10.0. The van der Waals surface area contributed by atoms with Crippen LogP contribution in [0.25, 0.3) is 10.8 Å². The normalized spacial score (nSPS) is 12.9. The van der Waals surface area contributed by atoms with Crippen molar-refractivity contribution < 1.29 is 50.5 Å². The SMILES string of the molecule is CCOc1cc([C@@](Cc2ccccc2C(F)(F)F)(Nc2ccc3c(N)nccc3c2)C(N)=O)ccc1OC(C)C.O=C(O)C(F)(F)F. The number of halogens is 6. The van der Waals surface area contributed by atoms with Crippen LogP contribution in [-0.4, -0.2) is 40.9 Å². The van der Waals surface area contributed by atoms with E-state index < -0.39 is 41.8 Å². The standard InChI is InChI=1S/C30H31F3N4O3.C2HF3O2/c1-4-39-26-16-21(9-12-25(26)40-18(2)3)29(28(35)38,17-20-7-5-6-8-24(20)30(31,32)33)37-22-10-11-23-19(15-22)13-14-36-27(23)34;3-2(4,5)1(6)7/h5-16,18,37H,4,17H2,1-3H3,(H2,34,36)(H2,35,38);(H,6,7)/t29-;/m1./s1. The fourth-order valence-electron chi connectivity index (χ4n) is 4.66. The van der Waals surface area contributed by atoms with Crippen molar-refractivity contribution in [2.45, 2.75) is 51.2 Å². The summed E-state index contributed by atoms with van der Waals surface area (Å²) in [5.74, 6) is -2.54. The Morgan fingerprint density at radius 1 is 0.957 bits per heavy atom. The molecule has 0 aliphatic carbocycles. The van der Waals surface area contributed by atoms with Gasteiger partial charge in [-0.1, -0.05) is 24.3 Å². The summed E-state index contributed by atoms with van der Waals surface area (Å²) in [4.78, 5) is 26.4. The number of fused-ring (bicyclic) bond motifs is 1. The Balaban J connectivity index is 0.000000771. The molecule has 1 atom stereocenters. The van der Waals surface area contributed by atoms with Crippen molar-refractivity contribution in [3.05, 3.63) is 89.6 Å². The lowest BCUT2D eigenvalue weighted by molar-refractivity contribution is -0.192. The van der Waals surface area contributed by atoms with E-state index in [1.807, 2.05) is 13.8 Å². The number of anilines is 2. The van der Waals surface area contributed by atoms with Gasteiger partial charge in [0.1, 0.15) is 11.4 Å². The zero-order valence-corrected chi connectivity index (χ0v) is 25.4. The number of nitrogens with two attached hydrogens (primary N) is 2. The second kappa shape index (κ2) is 14.5. The number of carbonyl (C=O) groups excluding carboxylic acids is 1. The summed E-state index contributed by atoms with van der Waals surface area (Å²) < 4.78 is 85.4. The number of carboxylic acids is 1. The highest BCUT2D eigenvalue weighted by Gasteiger charge is 2.43. The number of carboxylic acid groups (broad SMARTS) is 1. The minimum Gasteiger partial charge on any atom is -0.490 e. The van der Waals surface area contributed by atoms with Gasteiger partial charge in [-0.15, -0.1) is 0 Å². The van der Waals surface area contributed by atoms with Crippen molar-refractivity contribution in [1.82, 2.24) is 4.98 Å². The topological polar surface area (TPSA) is 150 Å². The lowest BCUT2D eigenvalue weighted by Gasteiger charge is -2.35. The van der Waals surface area contributed by atoms with Gasteiger partial charge in [0.05, 0.1) is 18.3 Å². The lowest BCUT2D eigenvalue weighted by atomic mass is 9.81. The number of nitrogen functional groups attached to an aromatic ring is 1. The number of ether oxygens (including phenoxy) is 2. The van der Waals surface area contributed by atoms with Crippen molar-refractivity contribution in [3.8, 4) is 11.5 Å². The van der Waals surface area contributed by atoms with E-state index in [2.05, 4.69) is 10.3 Å². The molecule has 6 N–H and O–H groups in total. The van der Waals surface area contributed by atoms with E-state index in [0.717, 1.165) is 11.5 Å². The molecule has 252 valence electrons. The van der Waals surface area contributed by atoms with E-state index in [0.29, 0.717) is 40.6 Å². The van der Waals surface area contributed by atoms with Crippen molar-refractivity contribution in [2.24, 2.45) is 5.73 Å². The van der Waals surface area contributed by atoms with Crippen LogP contribution in [0.3, 0.4) is 0 Å². The van der Waals surface area contributed by atoms with Crippen molar-refractivity contribution in [3.63, 3.8) is 0 Å². The molecule has 0 radical (unpaired) electrons. The lowest BCUT2D eigenvalue weighted by Crippen LogP contribution is -2.50. The summed E-state index contributed by atoms with van der Waals surface area (Å²) in [7, 11) is 0. The maximum absolute atomic E-state index is 14.0. The molecule has 0 aliphatic rings. The fraction of sp³-hybridized carbons (Fsp3) is 0.281. The average Bonchev–Trinajstić information content (AvgIpc) is 2.97. The smallest absolute Gasteiger partial charge is 0.490 e. The van der Waals surface area contributed by atoms with Crippen molar-refractivity contribution >= 4 is 34.2 Å². The molecule has 0 aliphatic heterocycles. The molecule has 0 spiro atoms. The first-order valence-corrected chi connectivity index (χ1v) is 14.0. The number of carbonyl (C=O) groups is 2. The van der Waals surface area contributed by atoms with Crippen molar-refractivity contribution in [2.75, 3.05) is 17.7 Å². The first kappa shape index (κ1) is 36.3. The number of hydrogen-bond donors (Lipinski definition) is 4. The van der Waals surface area contributed by atoms with Gasteiger partial charge in [0.2, 0.25) is 5.91 Å². The number of benzene rings is 3. The van der Waals surface area contributed by atoms with Crippen LogP contribution in [0.1, 0.15) is 37.5 Å². The highest BCUT2D eigenvalue weighted by molar-refractivity contribution is 5.95. The summed E-state index contributed by atoms with van der Waals surface area (Å²) in [5, 5.41) is 11.7. The summed E-state index contributed by atoms with van der Waals surface area (Å²) in [6.45, 7) is 5.80. The minimum absolute atomic E-state index is 0.101. The highest BCUT2D eigenvalue weighted by Crippen LogP contribution is 2.40. The molecule has 4 aromatic rings. The number of nitrogens with zero attached hydrogens (tertiary/aromatic N) is 1. The molecule has 1 aromatic heterocycles. The van der Waals surface area contributed by atoms with Crippen LogP contribution in [0, 0.1) is 0 Å². The highest BCUT2D eigenvalue weighted by atomic mass is 19.4. The summed E-state index contributed by atoms with van der Waals surface area (Å²) in [6.07, 6.45) is -8.74. The van der Waals surface area contributed by atoms with Gasteiger partial charge in [-0.25, -0.2) is 9.78 Å². The van der Waals surface area contributed by atoms with Crippen LogP contribution in [0.5, 0.6) is 11.5 Å². The molecule has 9 nitrogen and oxygen atoms in total. The van der Waals surface area contributed by atoms with Crippen LogP contribution in [0.15, 0.2) is 72.9 Å². The third kappa shape index (κ3) is 8.95. The van der Waals surface area contributed by atoms with Crippen molar-refractivity contribution in [1.29, 1.82) is 0 Å². The average molecular weight is 667 g/mol. The van der Waals surface area contributed by atoms with Crippen LogP contribution in [-0.2, 0) is 27.7 Å². The number of amides is 1. The molecule has 0 bridgehead atoms.